The van der Waals surface area contributed by atoms with Gasteiger partial charge in [0.1, 0.15) is 11.3 Å². The maximum absolute atomic E-state index is 11.5. The zero-order valence-corrected chi connectivity index (χ0v) is 15.2. The van der Waals surface area contributed by atoms with E-state index in [9.17, 15) is 4.79 Å². The number of aryl methyl sites for hydroxylation is 1. The number of thioether (sulfide) groups is 1. The standard InChI is InChI=1S/C18H14Cl2O3S/c1-11-8-18(21)23-16-10-17(15(20)9-14(11)16)22-6-7-24-13-4-2-12(19)3-5-13/h2-5,8-10H,6-7H2,1H3. The Kier molecular flexibility index (Phi) is 5.39. The average Bonchev–Trinajstić information content (AvgIpc) is 2.54. The van der Waals surface area contributed by atoms with Crippen molar-refractivity contribution in [1.29, 1.82) is 0 Å². The normalized spacial score (nSPS) is 11.0. The highest BCUT2D eigenvalue weighted by atomic mass is 35.5. The Bertz CT molecular complexity index is 920. The molecule has 1 aromatic heterocycles. The maximum atomic E-state index is 11.5. The third-order valence-electron chi connectivity index (χ3n) is 3.43. The predicted octanol–water partition coefficient (Wildman–Crippen LogP) is 5.58. The summed E-state index contributed by atoms with van der Waals surface area (Å²) in [6.07, 6.45) is 0. The van der Waals surface area contributed by atoms with Gasteiger partial charge < -0.3 is 9.15 Å². The molecule has 0 saturated heterocycles. The van der Waals surface area contributed by atoms with Crippen molar-refractivity contribution in [2.24, 2.45) is 0 Å². The third kappa shape index (κ3) is 4.07. The van der Waals surface area contributed by atoms with Crippen molar-refractivity contribution in [1.82, 2.24) is 0 Å². The lowest BCUT2D eigenvalue weighted by molar-refractivity contribution is 0.344. The molecule has 3 aromatic rings. The molecule has 0 saturated carbocycles. The summed E-state index contributed by atoms with van der Waals surface area (Å²) in [5, 5.41) is 2.02. The van der Waals surface area contributed by atoms with Crippen LogP contribution in [0.5, 0.6) is 5.75 Å². The van der Waals surface area contributed by atoms with E-state index in [1.165, 1.54) is 6.07 Å². The highest BCUT2D eigenvalue weighted by molar-refractivity contribution is 7.99. The topological polar surface area (TPSA) is 39.4 Å². The third-order valence-corrected chi connectivity index (χ3v) is 4.95. The van der Waals surface area contributed by atoms with Crippen LogP contribution in [0.4, 0.5) is 0 Å². The summed E-state index contributed by atoms with van der Waals surface area (Å²) in [5.41, 5.74) is 0.921. The van der Waals surface area contributed by atoms with Crippen molar-refractivity contribution >= 4 is 45.9 Å². The second kappa shape index (κ2) is 7.51. The predicted molar refractivity (Wildman–Crippen MR) is 99.9 cm³/mol. The molecule has 0 fully saturated rings. The van der Waals surface area contributed by atoms with Gasteiger partial charge in [-0.05, 0) is 42.8 Å². The molecule has 3 rings (SSSR count). The van der Waals surface area contributed by atoms with Crippen LogP contribution in [0, 0.1) is 6.92 Å². The van der Waals surface area contributed by atoms with Gasteiger partial charge in [-0.1, -0.05) is 23.2 Å². The lowest BCUT2D eigenvalue weighted by Gasteiger charge is -2.10. The first kappa shape index (κ1) is 17.2. The van der Waals surface area contributed by atoms with Gasteiger partial charge in [-0.3, -0.25) is 0 Å². The molecule has 1 heterocycles. The van der Waals surface area contributed by atoms with E-state index in [1.807, 2.05) is 31.2 Å². The molecule has 0 aliphatic carbocycles. The molecule has 0 bridgehead atoms. The van der Waals surface area contributed by atoms with Crippen LogP contribution >= 0.6 is 35.0 Å². The van der Waals surface area contributed by atoms with Gasteiger partial charge in [0.25, 0.3) is 0 Å². The van der Waals surface area contributed by atoms with E-state index in [0.717, 1.165) is 26.6 Å². The van der Waals surface area contributed by atoms with Crippen LogP contribution in [0.1, 0.15) is 5.56 Å². The van der Waals surface area contributed by atoms with Crippen LogP contribution in [-0.2, 0) is 0 Å². The second-order valence-electron chi connectivity index (χ2n) is 5.18. The first-order valence-electron chi connectivity index (χ1n) is 7.28. The number of fused-ring (bicyclic) bond motifs is 1. The van der Waals surface area contributed by atoms with Crippen molar-refractivity contribution in [3.8, 4) is 5.75 Å². The number of halogens is 2. The Morgan fingerprint density at radius 3 is 2.62 bits per heavy atom. The van der Waals surface area contributed by atoms with Crippen LogP contribution in [0.25, 0.3) is 11.0 Å². The lowest BCUT2D eigenvalue weighted by Crippen LogP contribution is -2.02. The highest BCUT2D eigenvalue weighted by Gasteiger charge is 2.09. The van der Waals surface area contributed by atoms with E-state index in [4.69, 9.17) is 32.4 Å². The number of hydrogen-bond acceptors (Lipinski definition) is 4. The van der Waals surface area contributed by atoms with Gasteiger partial charge >= 0.3 is 5.63 Å². The first-order chi connectivity index (χ1) is 11.5. The molecule has 6 heteroatoms. The monoisotopic (exact) mass is 380 g/mol. The molecule has 0 amide bonds. The summed E-state index contributed by atoms with van der Waals surface area (Å²) in [7, 11) is 0. The molecule has 0 spiro atoms. The minimum absolute atomic E-state index is 0.383. The molecular weight excluding hydrogens is 367 g/mol. The Balaban J connectivity index is 1.67. The van der Waals surface area contributed by atoms with Crippen LogP contribution < -0.4 is 10.4 Å². The molecule has 0 unspecified atom stereocenters. The fourth-order valence-electron chi connectivity index (χ4n) is 2.27. The summed E-state index contributed by atoms with van der Waals surface area (Å²) < 4.78 is 10.9. The van der Waals surface area contributed by atoms with E-state index < -0.39 is 0 Å². The van der Waals surface area contributed by atoms with Gasteiger partial charge in [0.15, 0.2) is 0 Å². The molecular formula is C18H14Cl2O3S. The maximum Gasteiger partial charge on any atom is 0.336 e. The summed E-state index contributed by atoms with van der Waals surface area (Å²) in [6.45, 7) is 2.33. The highest BCUT2D eigenvalue weighted by Crippen LogP contribution is 2.31. The van der Waals surface area contributed by atoms with Crippen LogP contribution in [0.3, 0.4) is 0 Å². The summed E-state index contributed by atoms with van der Waals surface area (Å²) in [5.74, 6) is 1.27. The summed E-state index contributed by atoms with van der Waals surface area (Å²) in [4.78, 5) is 12.6. The molecule has 3 nitrogen and oxygen atoms in total. The van der Waals surface area contributed by atoms with Crippen LogP contribution in [-0.4, -0.2) is 12.4 Å². The molecule has 124 valence electrons. The second-order valence-corrected chi connectivity index (χ2v) is 7.19. The fraction of sp³-hybridized carbons (Fsp3) is 0.167. The van der Waals surface area contributed by atoms with Crippen molar-refractivity contribution in [3.63, 3.8) is 0 Å². The fourth-order valence-corrected chi connectivity index (χ4v) is 3.35. The van der Waals surface area contributed by atoms with Gasteiger partial charge in [0.05, 0.1) is 11.6 Å². The summed E-state index contributed by atoms with van der Waals surface area (Å²) in [6, 6.07) is 12.5. The lowest BCUT2D eigenvalue weighted by atomic mass is 10.1. The number of hydrogen-bond donors (Lipinski definition) is 0. The zero-order valence-electron chi connectivity index (χ0n) is 12.8. The van der Waals surface area contributed by atoms with Crippen molar-refractivity contribution < 1.29 is 9.15 Å². The quantitative estimate of drug-likeness (QED) is 0.329. The van der Waals surface area contributed by atoms with Crippen molar-refractivity contribution in [3.05, 3.63) is 68.5 Å². The summed E-state index contributed by atoms with van der Waals surface area (Å²) >= 11 is 13.8. The minimum Gasteiger partial charge on any atom is -0.491 e. The Morgan fingerprint density at radius 1 is 1.12 bits per heavy atom. The number of rotatable bonds is 5. The van der Waals surface area contributed by atoms with E-state index in [2.05, 4.69) is 0 Å². The van der Waals surface area contributed by atoms with Gasteiger partial charge in [0, 0.05) is 33.2 Å². The van der Waals surface area contributed by atoms with E-state index in [1.54, 1.807) is 23.9 Å². The molecule has 0 N–H and O–H groups in total. The largest absolute Gasteiger partial charge is 0.491 e. The van der Waals surface area contributed by atoms with E-state index >= 15 is 0 Å². The van der Waals surface area contributed by atoms with Crippen molar-refractivity contribution in [2.45, 2.75) is 11.8 Å². The molecule has 0 radical (unpaired) electrons. The van der Waals surface area contributed by atoms with E-state index in [0.29, 0.717) is 23.0 Å². The Labute approximate surface area is 153 Å². The van der Waals surface area contributed by atoms with Gasteiger partial charge in [-0.25, -0.2) is 4.79 Å². The molecule has 24 heavy (non-hydrogen) atoms. The minimum atomic E-state index is -0.383. The van der Waals surface area contributed by atoms with Crippen LogP contribution in [0.2, 0.25) is 10.0 Å². The van der Waals surface area contributed by atoms with E-state index in [-0.39, 0.29) is 5.63 Å². The van der Waals surface area contributed by atoms with Gasteiger partial charge in [0.2, 0.25) is 0 Å². The van der Waals surface area contributed by atoms with Gasteiger partial charge in [-0.2, -0.15) is 0 Å². The number of ether oxygens (including phenoxy) is 1. The molecule has 2 aromatic carbocycles. The SMILES string of the molecule is Cc1cc(=O)oc2cc(OCCSc3ccc(Cl)cc3)c(Cl)cc12. The first-order valence-corrected chi connectivity index (χ1v) is 9.02. The average molecular weight is 381 g/mol. The van der Waals surface area contributed by atoms with Crippen molar-refractivity contribution in [2.75, 3.05) is 12.4 Å². The molecule has 0 aliphatic heterocycles. The molecule has 0 aliphatic rings. The zero-order chi connectivity index (χ0) is 17.1. The molecule has 0 atom stereocenters. The smallest absolute Gasteiger partial charge is 0.336 e. The van der Waals surface area contributed by atoms with Gasteiger partial charge in [-0.15, -0.1) is 11.8 Å². The van der Waals surface area contributed by atoms with Crippen LogP contribution in [0.15, 0.2) is 56.6 Å². The Hall–Kier alpha value is -1.62. The Morgan fingerprint density at radius 2 is 1.88 bits per heavy atom. The number of benzene rings is 2.